The second-order valence-electron chi connectivity index (χ2n) is 16.4. The van der Waals surface area contributed by atoms with Crippen molar-refractivity contribution in [3.05, 3.63) is 62.8 Å². The van der Waals surface area contributed by atoms with Gasteiger partial charge in [-0.25, -0.2) is 49.1 Å². The van der Waals surface area contributed by atoms with Crippen LogP contribution in [0.4, 0.5) is 29.4 Å². The maximum Gasteiger partial charge on any atom is 0.356 e. The van der Waals surface area contributed by atoms with Crippen molar-refractivity contribution in [2.75, 3.05) is 114 Å². The molecule has 0 radical (unpaired) electrons. The molecule has 0 spiro atoms. The van der Waals surface area contributed by atoms with E-state index in [1.165, 1.54) is 71.3 Å². The van der Waals surface area contributed by atoms with Crippen LogP contribution in [0.25, 0.3) is 0 Å². The quantitative estimate of drug-likeness (QED) is 0.0325. The first-order valence-electron chi connectivity index (χ1n) is 24.2. The van der Waals surface area contributed by atoms with E-state index in [1.807, 2.05) is 18.9 Å². The van der Waals surface area contributed by atoms with Crippen molar-refractivity contribution in [1.29, 1.82) is 0 Å². The largest absolute Gasteiger partial charge is 0.477 e. The van der Waals surface area contributed by atoms with Gasteiger partial charge in [-0.1, -0.05) is 79.3 Å². The molecule has 29 heteroatoms. The molecule has 0 saturated carbocycles. The Labute approximate surface area is 464 Å². The second kappa shape index (κ2) is 38.4. The van der Waals surface area contributed by atoms with Gasteiger partial charge in [0.2, 0.25) is 22.5 Å². The Morgan fingerprint density at radius 2 is 0.974 bits per heavy atom. The fourth-order valence-corrected chi connectivity index (χ4v) is 6.06. The summed E-state index contributed by atoms with van der Waals surface area (Å²) in [7, 11) is 5.66. The van der Waals surface area contributed by atoms with E-state index in [9.17, 15) is 19.2 Å². The first-order valence-corrected chi connectivity index (χ1v) is 25.3. The Hall–Kier alpha value is -6.13. The fourth-order valence-electron chi connectivity index (χ4n) is 5.47. The number of ether oxygens (including phenoxy) is 7. The van der Waals surface area contributed by atoms with Crippen molar-refractivity contribution in [3.63, 3.8) is 0 Å². The number of carboxylic acid groups (broad SMARTS) is 1. The van der Waals surface area contributed by atoms with Crippen LogP contribution in [0.1, 0.15) is 116 Å². The molecule has 77 heavy (non-hydrogen) atoms. The monoisotopic (exact) mass is 1140 g/mol. The highest BCUT2D eigenvalue weighted by atomic mass is 35.5. The number of halogens is 3. The molecular formula is C48H75Cl3N14O12. The van der Waals surface area contributed by atoms with Gasteiger partial charge in [-0.15, -0.1) is 0 Å². The Bertz CT molecular complexity index is 2290. The predicted octanol–water partition coefficient (Wildman–Crippen LogP) is 6.38. The van der Waals surface area contributed by atoms with Crippen LogP contribution in [0.5, 0.6) is 0 Å². The van der Waals surface area contributed by atoms with E-state index in [0.717, 1.165) is 26.2 Å². The van der Waals surface area contributed by atoms with Crippen LogP contribution in [0, 0.1) is 0 Å². The third-order valence-electron chi connectivity index (χ3n) is 9.47. The summed E-state index contributed by atoms with van der Waals surface area (Å²) in [5.74, 6) is -0.759. The van der Waals surface area contributed by atoms with Crippen molar-refractivity contribution in [1.82, 2.24) is 39.9 Å². The van der Waals surface area contributed by atoms with Crippen LogP contribution < -0.4 is 32.3 Å². The van der Waals surface area contributed by atoms with Crippen molar-refractivity contribution < 1.29 is 57.4 Å². The molecule has 4 aromatic rings. The Morgan fingerprint density at radius 1 is 0.597 bits per heavy atom. The van der Waals surface area contributed by atoms with Crippen LogP contribution in [-0.2, 0) is 33.2 Å². The predicted molar refractivity (Wildman–Crippen MR) is 293 cm³/mol. The Kier molecular flexibility index (Phi) is 34.4. The van der Waals surface area contributed by atoms with E-state index in [-0.39, 0.29) is 70.0 Å². The molecule has 430 valence electrons. The van der Waals surface area contributed by atoms with Crippen LogP contribution >= 0.6 is 34.8 Å². The SMILES string of the molecule is C.CCC.CCCCC.CCCN(C)c1nc(NC2COC2)cc(C(=O)O)n1.COC(=O)c1cc(Cl)nc(Cl)n1.COC(=O)c1cc(NC2COC2)nc(Cl)n1.COC(=O)c1cc(NC2COC2)nc(N)n1.NC1COC1. The van der Waals surface area contributed by atoms with Gasteiger partial charge in [0.05, 0.1) is 98.4 Å². The third-order valence-corrected chi connectivity index (χ3v) is 10.0. The van der Waals surface area contributed by atoms with Gasteiger partial charge in [-0.05, 0) is 29.6 Å². The minimum atomic E-state index is -1.05. The van der Waals surface area contributed by atoms with Gasteiger partial charge in [-0.2, -0.15) is 9.97 Å². The van der Waals surface area contributed by atoms with Gasteiger partial charge in [0.25, 0.3) is 0 Å². The lowest BCUT2D eigenvalue weighted by molar-refractivity contribution is 0.0121. The maximum absolute atomic E-state index is 11.3. The van der Waals surface area contributed by atoms with Gasteiger partial charge in [-0.3, -0.25) is 0 Å². The standard InChI is InChI=1S/C12H18N4O3.C9H10ClN3O3.C9H12N4O3.C6H4Cl2N2O2.C5H12.C3H7NO.C3H8.CH4/c1-3-4-16(2)12-14-9(11(17)18)5-10(15-12)13-8-6-19-7-8;2*1-15-8(14)6-2-7(13-9(10)12-6)11-5-3-16-4-5;1-12-5(11)3-2-4(7)10-6(8)9-3;1-3-5-4-2;4-3-1-5-2-3;1-3-2;/h5,8H,3-4,6-7H2,1-2H3,(H,17,18)(H,13,14,15);2,5H,3-4H2,1H3,(H,11,12,13);2,5H,3-4H2,1H3,(H3,10,11,12,13);2H,1H3;3-5H2,1-2H3;3H,1-2,4H2;3H2,1-2H3;1H4. The van der Waals surface area contributed by atoms with Gasteiger partial charge in [0, 0.05) is 37.9 Å². The zero-order chi connectivity index (χ0) is 56.6. The molecule has 0 unspecified atom stereocenters. The summed E-state index contributed by atoms with van der Waals surface area (Å²) in [6, 6.07) is 6.67. The van der Waals surface area contributed by atoms with Gasteiger partial charge in [0.15, 0.2) is 22.8 Å². The van der Waals surface area contributed by atoms with Crippen molar-refractivity contribution in [2.45, 2.75) is 98.3 Å². The molecule has 8 N–H and O–H groups in total. The van der Waals surface area contributed by atoms with E-state index in [4.69, 9.17) is 70.3 Å². The molecule has 0 amide bonds. The average molecular weight is 1150 g/mol. The number of aromatic nitrogens is 8. The number of carbonyl (C=O) groups excluding carboxylic acids is 3. The normalized spacial score (nSPS) is 14.0. The molecule has 0 aromatic carbocycles. The number of hydrogen-bond donors (Lipinski definition) is 6. The van der Waals surface area contributed by atoms with E-state index in [0.29, 0.717) is 69.1 Å². The molecule has 0 bridgehead atoms. The van der Waals surface area contributed by atoms with E-state index in [2.05, 4.69) is 97.7 Å². The molecule has 0 atom stereocenters. The summed E-state index contributed by atoms with van der Waals surface area (Å²) in [4.78, 5) is 77.4. The van der Waals surface area contributed by atoms with Gasteiger partial charge >= 0.3 is 23.9 Å². The number of nitrogens with zero attached hydrogens (tertiary/aromatic N) is 9. The Balaban J connectivity index is 0.000000477. The number of rotatable bonds is 15. The number of nitrogens with one attached hydrogen (secondary N) is 3. The number of carboxylic acids is 1. The van der Waals surface area contributed by atoms with Gasteiger partial charge in [0.1, 0.15) is 22.6 Å². The highest BCUT2D eigenvalue weighted by Gasteiger charge is 2.23. The van der Waals surface area contributed by atoms with Gasteiger partial charge < -0.3 is 70.6 Å². The number of esters is 3. The molecule has 4 aromatic heterocycles. The van der Waals surface area contributed by atoms with E-state index >= 15 is 0 Å². The first-order chi connectivity index (χ1) is 36.3. The minimum Gasteiger partial charge on any atom is -0.477 e. The molecule has 4 aliphatic rings. The maximum atomic E-state index is 11.3. The number of aromatic carboxylic acids is 1. The van der Waals surface area contributed by atoms with Crippen LogP contribution in [0.15, 0.2) is 24.3 Å². The van der Waals surface area contributed by atoms with Crippen LogP contribution in [0.2, 0.25) is 15.7 Å². The van der Waals surface area contributed by atoms with E-state index < -0.39 is 23.9 Å². The number of methoxy groups -OCH3 is 3. The minimum absolute atomic E-state index is 0. The number of nitrogens with two attached hydrogens (primary N) is 2. The Morgan fingerprint density at radius 3 is 1.31 bits per heavy atom. The highest BCUT2D eigenvalue weighted by molar-refractivity contribution is 6.32. The van der Waals surface area contributed by atoms with Crippen LogP contribution in [-0.4, -0.2) is 181 Å². The van der Waals surface area contributed by atoms with Crippen molar-refractivity contribution in [2.24, 2.45) is 5.73 Å². The first kappa shape index (κ1) is 68.9. The number of carbonyl (C=O) groups is 4. The molecule has 4 aliphatic heterocycles. The molecule has 4 saturated heterocycles. The lowest BCUT2D eigenvalue weighted by atomic mass is 10.2. The highest BCUT2D eigenvalue weighted by Crippen LogP contribution is 2.18. The summed E-state index contributed by atoms with van der Waals surface area (Å²) in [6.45, 7) is 16.7. The number of hydrogen-bond acceptors (Lipinski definition) is 25. The van der Waals surface area contributed by atoms with E-state index in [1.54, 1.807) is 0 Å². The zero-order valence-electron chi connectivity index (χ0n) is 44.3. The summed E-state index contributed by atoms with van der Waals surface area (Å²) in [5.41, 5.74) is 11.0. The lowest BCUT2D eigenvalue weighted by Crippen LogP contribution is -2.41. The molecule has 0 aliphatic carbocycles. The smallest absolute Gasteiger partial charge is 0.356 e. The summed E-state index contributed by atoms with van der Waals surface area (Å²) < 4.78 is 33.3. The molecular weight excluding hydrogens is 1070 g/mol. The number of anilines is 5. The lowest BCUT2D eigenvalue weighted by Gasteiger charge is -2.27. The number of unbranched alkanes of at least 4 members (excludes halogenated alkanes) is 2. The fraction of sp³-hybridized carbons (Fsp3) is 0.583. The van der Waals surface area contributed by atoms with Crippen molar-refractivity contribution >= 4 is 88.0 Å². The molecule has 8 rings (SSSR count). The zero-order valence-corrected chi connectivity index (χ0v) is 46.5. The average Bonchev–Trinajstić information content (AvgIpc) is 3.34. The van der Waals surface area contributed by atoms with Crippen molar-refractivity contribution in [3.8, 4) is 0 Å². The second-order valence-corrected chi connectivity index (χ2v) is 17.4. The summed E-state index contributed by atoms with van der Waals surface area (Å²) in [6.07, 6.45) is 6.27. The topological polar surface area (TPSA) is 348 Å². The summed E-state index contributed by atoms with van der Waals surface area (Å²) >= 11 is 16.6. The molecule has 8 heterocycles. The summed E-state index contributed by atoms with van der Waals surface area (Å²) in [5, 5.41) is 18.4. The molecule has 26 nitrogen and oxygen atoms in total. The number of nitrogen functional groups attached to an aromatic ring is 1. The van der Waals surface area contributed by atoms with Crippen LogP contribution in [0.3, 0.4) is 0 Å². The third kappa shape index (κ3) is 27.2. The molecule has 4 fully saturated rings.